The quantitative estimate of drug-likeness (QED) is 0.530. The zero-order chi connectivity index (χ0) is 18.9. The van der Waals surface area contributed by atoms with E-state index in [0.29, 0.717) is 48.2 Å². The van der Waals surface area contributed by atoms with E-state index in [1.807, 2.05) is 20.8 Å². The van der Waals surface area contributed by atoms with E-state index in [1.54, 1.807) is 36.4 Å². The van der Waals surface area contributed by atoms with Gasteiger partial charge in [0.25, 0.3) is 0 Å². The fourth-order valence-corrected chi connectivity index (χ4v) is 2.43. The van der Waals surface area contributed by atoms with Crippen molar-refractivity contribution in [2.75, 3.05) is 19.8 Å². The number of hydrogen-bond acceptors (Lipinski definition) is 5. The molecule has 0 aliphatic rings. The Hall–Kier alpha value is -2.95. The predicted octanol–water partition coefficient (Wildman–Crippen LogP) is 4.48. The minimum Gasteiger partial charge on any atom is -0.508 e. The van der Waals surface area contributed by atoms with Crippen molar-refractivity contribution in [3.8, 4) is 23.0 Å². The van der Waals surface area contributed by atoms with Gasteiger partial charge >= 0.3 is 0 Å². The summed E-state index contributed by atoms with van der Waals surface area (Å²) in [5, 5.41) is 9.59. The molecule has 0 aliphatic carbocycles. The van der Waals surface area contributed by atoms with Crippen LogP contribution in [0.2, 0.25) is 0 Å². The Morgan fingerprint density at radius 3 is 2.31 bits per heavy atom. The fraction of sp³-hybridized carbons (Fsp3) is 0.286. The molecule has 138 valence electrons. The van der Waals surface area contributed by atoms with Gasteiger partial charge in [-0.15, -0.1) is 0 Å². The van der Waals surface area contributed by atoms with Crippen LogP contribution in [0.3, 0.4) is 0 Å². The Bertz CT molecular complexity index is 780. The summed E-state index contributed by atoms with van der Waals surface area (Å²) < 4.78 is 16.5. The van der Waals surface area contributed by atoms with Gasteiger partial charge in [0.2, 0.25) is 0 Å². The van der Waals surface area contributed by atoms with Gasteiger partial charge in [0.1, 0.15) is 23.0 Å². The minimum absolute atomic E-state index is 0.113. The minimum atomic E-state index is -0.188. The van der Waals surface area contributed by atoms with Crippen molar-refractivity contribution in [3.63, 3.8) is 0 Å². The van der Waals surface area contributed by atoms with Gasteiger partial charge < -0.3 is 19.3 Å². The standard InChI is InChI=1S/C21H24O5/c1-4-24-17-10-11-18(21(14-17)26-6-3)19(23)12-8-15-7-9-16(22)13-20(15)25-5-2/h7-14,22H,4-6H2,1-3H3. The number of hydrogen-bond donors (Lipinski definition) is 1. The predicted molar refractivity (Wildman–Crippen MR) is 101 cm³/mol. The lowest BCUT2D eigenvalue weighted by Gasteiger charge is -2.11. The Morgan fingerprint density at radius 2 is 1.62 bits per heavy atom. The number of phenols is 1. The molecule has 5 nitrogen and oxygen atoms in total. The van der Waals surface area contributed by atoms with Crippen molar-refractivity contribution in [3.05, 3.63) is 53.6 Å². The molecule has 0 saturated heterocycles. The first-order valence-corrected chi connectivity index (χ1v) is 8.66. The molecule has 2 rings (SSSR count). The van der Waals surface area contributed by atoms with Crippen molar-refractivity contribution in [2.45, 2.75) is 20.8 Å². The summed E-state index contributed by atoms with van der Waals surface area (Å²) in [6.07, 6.45) is 3.13. The zero-order valence-electron chi connectivity index (χ0n) is 15.3. The van der Waals surface area contributed by atoms with E-state index in [-0.39, 0.29) is 11.5 Å². The average Bonchev–Trinajstić information content (AvgIpc) is 2.62. The number of allylic oxidation sites excluding steroid dienone is 1. The van der Waals surface area contributed by atoms with Crippen LogP contribution in [0.25, 0.3) is 6.08 Å². The molecule has 0 radical (unpaired) electrons. The first kappa shape index (κ1) is 19.4. The van der Waals surface area contributed by atoms with Crippen LogP contribution in [0, 0.1) is 0 Å². The molecule has 5 heteroatoms. The van der Waals surface area contributed by atoms with Gasteiger partial charge in [0.15, 0.2) is 5.78 Å². The van der Waals surface area contributed by atoms with Crippen LogP contribution in [0.1, 0.15) is 36.7 Å². The number of carbonyl (C=O) groups is 1. The van der Waals surface area contributed by atoms with Crippen LogP contribution >= 0.6 is 0 Å². The lowest BCUT2D eigenvalue weighted by Crippen LogP contribution is -2.03. The largest absolute Gasteiger partial charge is 0.508 e. The summed E-state index contributed by atoms with van der Waals surface area (Å²) in [6.45, 7) is 7.08. The van der Waals surface area contributed by atoms with Crippen LogP contribution in [-0.2, 0) is 0 Å². The highest BCUT2D eigenvalue weighted by atomic mass is 16.5. The monoisotopic (exact) mass is 356 g/mol. The lowest BCUT2D eigenvalue weighted by molar-refractivity contribution is 0.104. The fourth-order valence-electron chi connectivity index (χ4n) is 2.43. The maximum absolute atomic E-state index is 12.6. The third kappa shape index (κ3) is 5.02. The number of aromatic hydroxyl groups is 1. The third-order valence-electron chi connectivity index (χ3n) is 3.54. The van der Waals surface area contributed by atoms with Gasteiger partial charge in [-0.25, -0.2) is 0 Å². The number of carbonyl (C=O) groups excluding carboxylic acids is 1. The molecule has 0 spiro atoms. The molecule has 0 amide bonds. The van der Waals surface area contributed by atoms with Crippen molar-refractivity contribution >= 4 is 11.9 Å². The van der Waals surface area contributed by atoms with E-state index < -0.39 is 0 Å². The van der Waals surface area contributed by atoms with Crippen molar-refractivity contribution in [1.82, 2.24) is 0 Å². The second-order valence-electron chi connectivity index (χ2n) is 5.38. The molecule has 0 saturated carbocycles. The van der Waals surface area contributed by atoms with E-state index >= 15 is 0 Å². The second kappa shape index (κ2) is 9.51. The molecule has 0 atom stereocenters. The van der Waals surface area contributed by atoms with Gasteiger partial charge in [-0.05, 0) is 57.2 Å². The maximum atomic E-state index is 12.6. The first-order chi connectivity index (χ1) is 12.6. The van der Waals surface area contributed by atoms with Gasteiger partial charge in [0.05, 0.1) is 25.4 Å². The van der Waals surface area contributed by atoms with E-state index in [9.17, 15) is 9.90 Å². The molecule has 26 heavy (non-hydrogen) atoms. The van der Waals surface area contributed by atoms with Crippen molar-refractivity contribution < 1.29 is 24.1 Å². The van der Waals surface area contributed by atoms with E-state index in [2.05, 4.69) is 0 Å². The summed E-state index contributed by atoms with van der Waals surface area (Å²) in [4.78, 5) is 12.6. The number of phenolic OH excluding ortho intramolecular Hbond substituents is 1. The maximum Gasteiger partial charge on any atom is 0.189 e. The molecule has 0 aliphatic heterocycles. The molecular formula is C21H24O5. The highest BCUT2D eigenvalue weighted by Gasteiger charge is 2.12. The summed E-state index contributed by atoms with van der Waals surface area (Å²) in [6, 6.07) is 9.94. The summed E-state index contributed by atoms with van der Waals surface area (Å²) in [5.74, 6) is 1.60. The highest BCUT2D eigenvalue weighted by Crippen LogP contribution is 2.28. The number of benzene rings is 2. The molecule has 0 bridgehead atoms. The summed E-state index contributed by atoms with van der Waals surface area (Å²) in [7, 11) is 0. The molecule has 0 heterocycles. The van der Waals surface area contributed by atoms with Crippen LogP contribution in [0.15, 0.2) is 42.5 Å². The van der Waals surface area contributed by atoms with E-state index in [0.717, 1.165) is 0 Å². The van der Waals surface area contributed by atoms with Crippen LogP contribution in [0.4, 0.5) is 0 Å². The Morgan fingerprint density at radius 1 is 0.923 bits per heavy atom. The molecular weight excluding hydrogens is 332 g/mol. The van der Waals surface area contributed by atoms with Crippen molar-refractivity contribution in [1.29, 1.82) is 0 Å². The number of ketones is 1. The highest BCUT2D eigenvalue weighted by molar-refractivity contribution is 6.08. The molecule has 2 aromatic rings. The van der Waals surface area contributed by atoms with Gasteiger partial charge in [-0.3, -0.25) is 4.79 Å². The smallest absolute Gasteiger partial charge is 0.189 e. The normalized spacial score (nSPS) is 10.7. The van der Waals surface area contributed by atoms with E-state index in [4.69, 9.17) is 14.2 Å². The van der Waals surface area contributed by atoms with Gasteiger partial charge in [0, 0.05) is 17.7 Å². The SMILES string of the molecule is CCOc1ccc(C(=O)C=Cc2ccc(O)cc2OCC)c(OCC)c1. The first-order valence-electron chi connectivity index (χ1n) is 8.66. The van der Waals surface area contributed by atoms with Crippen LogP contribution in [-0.4, -0.2) is 30.7 Å². The van der Waals surface area contributed by atoms with Gasteiger partial charge in [-0.1, -0.05) is 0 Å². The van der Waals surface area contributed by atoms with E-state index in [1.165, 1.54) is 12.1 Å². The third-order valence-corrected chi connectivity index (χ3v) is 3.54. The van der Waals surface area contributed by atoms with Crippen molar-refractivity contribution in [2.24, 2.45) is 0 Å². The molecule has 0 unspecified atom stereocenters. The molecule has 1 N–H and O–H groups in total. The number of rotatable bonds is 9. The Balaban J connectivity index is 2.28. The Labute approximate surface area is 153 Å². The average molecular weight is 356 g/mol. The zero-order valence-corrected chi connectivity index (χ0v) is 15.3. The molecule has 0 fully saturated rings. The molecule has 0 aromatic heterocycles. The summed E-state index contributed by atoms with van der Waals surface area (Å²) in [5.41, 5.74) is 1.17. The Kier molecular flexibility index (Phi) is 7.09. The van der Waals surface area contributed by atoms with Gasteiger partial charge in [-0.2, -0.15) is 0 Å². The van der Waals surface area contributed by atoms with Crippen LogP contribution < -0.4 is 14.2 Å². The second-order valence-corrected chi connectivity index (χ2v) is 5.38. The summed E-state index contributed by atoms with van der Waals surface area (Å²) >= 11 is 0. The lowest BCUT2D eigenvalue weighted by atomic mass is 10.1. The number of ether oxygens (including phenoxy) is 3. The topological polar surface area (TPSA) is 65.0 Å². The van der Waals surface area contributed by atoms with Crippen LogP contribution in [0.5, 0.6) is 23.0 Å². The molecule has 2 aromatic carbocycles.